The van der Waals surface area contributed by atoms with Crippen molar-refractivity contribution >= 4 is 21.7 Å². The van der Waals surface area contributed by atoms with Gasteiger partial charge in [-0.15, -0.1) is 0 Å². The number of hydrogen-bond donors (Lipinski definition) is 3. The minimum absolute atomic E-state index is 0.0579. The number of nitrogens with one attached hydrogen (secondary N) is 1. The highest BCUT2D eigenvalue weighted by molar-refractivity contribution is 7.86. The van der Waals surface area contributed by atoms with Crippen LogP contribution in [0.3, 0.4) is 0 Å². The molecule has 6 nitrogen and oxygen atoms in total. The number of carbonyl (C=O) groups excluding carboxylic acids is 1. The molecule has 3 N–H and O–H groups in total. The van der Waals surface area contributed by atoms with Gasteiger partial charge in [0, 0.05) is 5.56 Å². The van der Waals surface area contributed by atoms with Crippen molar-refractivity contribution in [2.45, 2.75) is 11.0 Å². The van der Waals surface area contributed by atoms with Crippen LogP contribution in [-0.4, -0.2) is 24.0 Å². The van der Waals surface area contributed by atoms with Crippen molar-refractivity contribution in [1.82, 2.24) is 0 Å². The molecule has 1 aromatic carbocycles. The molecule has 1 unspecified atom stereocenters. The molecule has 1 atom stereocenters. The first-order valence-electron chi connectivity index (χ1n) is 4.00. The Labute approximate surface area is 85.3 Å². The summed E-state index contributed by atoms with van der Waals surface area (Å²) in [6.45, 7) is 0. The summed E-state index contributed by atoms with van der Waals surface area (Å²) in [7, 11) is -4.40. The summed E-state index contributed by atoms with van der Waals surface area (Å²) >= 11 is 0. The zero-order valence-corrected chi connectivity index (χ0v) is 8.15. The lowest BCUT2D eigenvalue weighted by atomic mass is 10.1. The van der Waals surface area contributed by atoms with Crippen molar-refractivity contribution in [2.75, 3.05) is 5.32 Å². The summed E-state index contributed by atoms with van der Waals surface area (Å²) in [6, 6.07) is 3.89. The van der Waals surface area contributed by atoms with Gasteiger partial charge in [-0.1, -0.05) is 12.1 Å². The van der Waals surface area contributed by atoms with E-state index in [1.54, 1.807) is 0 Å². The smallest absolute Gasteiger partial charge is 0.296 e. The second kappa shape index (κ2) is 3.02. The molecule has 1 aliphatic heterocycles. The standard InChI is InChI=1S/C8H7NO5S/c10-7-4-2-1-3-5(15(12,13)14)6(4)9-8(7)11/h1-3,7,10H,(H,9,11)(H,12,13,14). The molecule has 1 aliphatic rings. The van der Waals surface area contributed by atoms with Crippen molar-refractivity contribution in [1.29, 1.82) is 0 Å². The largest absolute Gasteiger partial charge is 0.378 e. The molecule has 0 bridgehead atoms. The predicted molar refractivity (Wildman–Crippen MR) is 49.8 cm³/mol. The minimum Gasteiger partial charge on any atom is -0.378 e. The van der Waals surface area contributed by atoms with E-state index in [0.717, 1.165) is 6.07 Å². The van der Waals surface area contributed by atoms with E-state index in [4.69, 9.17) is 4.55 Å². The van der Waals surface area contributed by atoms with Gasteiger partial charge in [0.25, 0.3) is 16.0 Å². The van der Waals surface area contributed by atoms with E-state index in [0.29, 0.717) is 0 Å². The molecule has 1 aromatic rings. The fourth-order valence-corrected chi connectivity index (χ4v) is 2.13. The van der Waals surface area contributed by atoms with Crippen molar-refractivity contribution in [3.8, 4) is 0 Å². The Morgan fingerprint density at radius 1 is 1.33 bits per heavy atom. The Morgan fingerprint density at radius 3 is 2.60 bits per heavy atom. The van der Waals surface area contributed by atoms with E-state index in [1.165, 1.54) is 12.1 Å². The van der Waals surface area contributed by atoms with E-state index < -0.39 is 27.0 Å². The molecule has 0 radical (unpaired) electrons. The molecular weight excluding hydrogens is 222 g/mol. The van der Waals surface area contributed by atoms with Gasteiger partial charge in [0.1, 0.15) is 4.90 Å². The van der Waals surface area contributed by atoms with Gasteiger partial charge < -0.3 is 10.4 Å². The summed E-state index contributed by atoms with van der Waals surface area (Å²) in [5, 5.41) is 11.5. The summed E-state index contributed by atoms with van der Waals surface area (Å²) in [5.74, 6) is -0.707. The normalized spacial score (nSPS) is 19.9. The molecule has 15 heavy (non-hydrogen) atoms. The third kappa shape index (κ3) is 1.50. The fourth-order valence-electron chi connectivity index (χ4n) is 1.46. The van der Waals surface area contributed by atoms with Gasteiger partial charge in [-0.2, -0.15) is 8.42 Å². The van der Waals surface area contributed by atoms with Crippen LogP contribution in [0.4, 0.5) is 5.69 Å². The number of benzene rings is 1. The third-order valence-electron chi connectivity index (χ3n) is 2.13. The topological polar surface area (TPSA) is 104 Å². The molecule has 0 spiro atoms. The molecule has 0 aromatic heterocycles. The number of para-hydroxylation sites is 1. The fraction of sp³-hybridized carbons (Fsp3) is 0.125. The number of amides is 1. The molecule has 1 heterocycles. The van der Waals surface area contributed by atoms with Crippen LogP contribution in [-0.2, 0) is 14.9 Å². The van der Waals surface area contributed by atoms with Crippen LogP contribution in [0.5, 0.6) is 0 Å². The highest BCUT2D eigenvalue weighted by atomic mass is 32.2. The van der Waals surface area contributed by atoms with Crippen molar-refractivity contribution in [2.24, 2.45) is 0 Å². The van der Waals surface area contributed by atoms with Crippen molar-refractivity contribution in [3.63, 3.8) is 0 Å². The van der Waals surface area contributed by atoms with E-state index in [-0.39, 0.29) is 11.3 Å². The van der Waals surface area contributed by atoms with E-state index in [2.05, 4.69) is 5.32 Å². The number of rotatable bonds is 1. The maximum atomic E-state index is 11.1. The minimum atomic E-state index is -4.40. The van der Waals surface area contributed by atoms with Crippen LogP contribution in [0.2, 0.25) is 0 Å². The first-order valence-corrected chi connectivity index (χ1v) is 5.44. The lowest BCUT2D eigenvalue weighted by Gasteiger charge is -2.04. The highest BCUT2D eigenvalue weighted by Gasteiger charge is 2.32. The van der Waals surface area contributed by atoms with Gasteiger partial charge >= 0.3 is 0 Å². The van der Waals surface area contributed by atoms with Crippen molar-refractivity contribution in [3.05, 3.63) is 23.8 Å². The molecule has 0 saturated carbocycles. The van der Waals surface area contributed by atoms with Crippen molar-refractivity contribution < 1.29 is 22.9 Å². The maximum absolute atomic E-state index is 11.1. The van der Waals surface area contributed by atoms with Crippen LogP contribution >= 0.6 is 0 Å². The molecule has 7 heteroatoms. The van der Waals surface area contributed by atoms with E-state index in [1.807, 2.05) is 0 Å². The number of aliphatic hydroxyl groups is 1. The number of hydrogen-bond acceptors (Lipinski definition) is 4. The molecule has 0 aliphatic carbocycles. The van der Waals surface area contributed by atoms with Crippen LogP contribution in [0.25, 0.3) is 0 Å². The third-order valence-corrected chi connectivity index (χ3v) is 3.02. The number of carbonyl (C=O) groups is 1. The number of anilines is 1. The highest BCUT2D eigenvalue weighted by Crippen LogP contribution is 2.35. The van der Waals surface area contributed by atoms with Gasteiger partial charge in [-0.05, 0) is 6.07 Å². The number of fused-ring (bicyclic) bond motifs is 1. The summed E-state index contributed by atoms with van der Waals surface area (Å²) in [6.07, 6.45) is -1.39. The molecular formula is C8H7NO5S. The van der Waals surface area contributed by atoms with Gasteiger partial charge in [0.05, 0.1) is 5.69 Å². The summed E-state index contributed by atoms with van der Waals surface area (Å²) < 4.78 is 30.7. The van der Waals surface area contributed by atoms with E-state index in [9.17, 15) is 18.3 Å². The Hall–Kier alpha value is -1.44. The molecule has 0 fully saturated rings. The monoisotopic (exact) mass is 229 g/mol. The van der Waals surface area contributed by atoms with Crippen LogP contribution < -0.4 is 5.32 Å². The van der Waals surface area contributed by atoms with E-state index >= 15 is 0 Å². The summed E-state index contributed by atoms with van der Waals surface area (Å²) in [4.78, 5) is 10.7. The Kier molecular flexibility index (Phi) is 2.03. The molecule has 1 amide bonds. The SMILES string of the molecule is O=C1Nc2c(cccc2S(=O)(=O)O)C1O. The quantitative estimate of drug-likeness (QED) is 0.584. The number of aliphatic hydroxyl groups excluding tert-OH is 1. The maximum Gasteiger partial charge on any atom is 0.296 e. The molecule has 2 rings (SSSR count). The average Bonchev–Trinajstić information content (AvgIpc) is 2.41. The summed E-state index contributed by atoms with van der Waals surface area (Å²) in [5.41, 5.74) is 0.0904. The van der Waals surface area contributed by atoms with Gasteiger partial charge in [0.2, 0.25) is 0 Å². The second-order valence-electron chi connectivity index (χ2n) is 3.09. The first-order chi connectivity index (χ1) is 6.91. The van der Waals surface area contributed by atoms with Gasteiger partial charge in [-0.3, -0.25) is 9.35 Å². The lowest BCUT2D eigenvalue weighted by Crippen LogP contribution is -2.11. The zero-order valence-electron chi connectivity index (χ0n) is 7.34. The van der Waals surface area contributed by atoms with Crippen LogP contribution in [0, 0.1) is 0 Å². The Bertz CT molecular complexity index is 536. The Balaban J connectivity index is 2.70. The first kappa shape index (κ1) is 10.1. The average molecular weight is 229 g/mol. The Morgan fingerprint density at radius 2 is 2.00 bits per heavy atom. The van der Waals surface area contributed by atoms with Crippen LogP contribution in [0.1, 0.15) is 11.7 Å². The molecule has 80 valence electrons. The second-order valence-corrected chi connectivity index (χ2v) is 4.48. The molecule has 0 saturated heterocycles. The lowest BCUT2D eigenvalue weighted by molar-refractivity contribution is -0.123. The van der Waals surface area contributed by atoms with Crippen LogP contribution in [0.15, 0.2) is 23.1 Å². The van der Waals surface area contributed by atoms with Gasteiger partial charge in [-0.25, -0.2) is 0 Å². The predicted octanol–water partition coefficient (Wildman–Crippen LogP) is -0.0812. The van der Waals surface area contributed by atoms with Gasteiger partial charge in [0.15, 0.2) is 6.10 Å². The zero-order chi connectivity index (χ0) is 11.2.